The maximum absolute atomic E-state index is 10.5. The van der Waals surface area contributed by atoms with Gasteiger partial charge in [-0.15, -0.1) is 6.58 Å². The Balaban J connectivity index is 1.94. The average Bonchev–Trinajstić information content (AvgIpc) is 3.20. The highest BCUT2D eigenvalue weighted by Gasteiger charge is 2.23. The fourth-order valence-electron chi connectivity index (χ4n) is 3.69. The Morgan fingerprint density at radius 1 is 1.12 bits per heavy atom. The molecule has 1 unspecified atom stereocenters. The number of para-hydroxylation sites is 2. The fourth-order valence-corrected chi connectivity index (χ4v) is 3.69. The third kappa shape index (κ3) is 7.27. The van der Waals surface area contributed by atoms with Gasteiger partial charge in [-0.3, -0.25) is 4.90 Å². The largest absolute Gasteiger partial charge is 0.439 e. The number of methoxy groups -OCH3 is 1. The summed E-state index contributed by atoms with van der Waals surface area (Å²) < 4.78 is 19.0. The molecule has 0 saturated heterocycles. The Morgan fingerprint density at radius 3 is 2.47 bits per heavy atom. The van der Waals surface area contributed by atoms with Gasteiger partial charge in [-0.25, -0.2) is 4.68 Å². The first-order chi connectivity index (χ1) is 16.7. The lowest BCUT2D eigenvalue weighted by Gasteiger charge is -2.25. The zero-order valence-electron chi connectivity index (χ0n) is 20.1. The molecule has 182 valence electrons. The summed E-state index contributed by atoms with van der Waals surface area (Å²) in [5.74, 6) is 1.42. The van der Waals surface area contributed by atoms with Crippen LogP contribution in [0.5, 0.6) is 11.6 Å². The number of hydrogen-bond acceptors (Lipinski definition) is 6. The van der Waals surface area contributed by atoms with Crippen molar-refractivity contribution in [2.75, 3.05) is 40.0 Å². The molecule has 3 rings (SSSR count). The first kappa shape index (κ1) is 25.6. The molecule has 0 aliphatic carbocycles. The molecule has 0 fully saturated rings. The fraction of sp³-hybridized carbons (Fsp3) is 0.370. The molecule has 1 N–H and O–H groups in total. The third-order valence-electron chi connectivity index (χ3n) is 5.32. The molecule has 0 radical (unpaired) electrons. The summed E-state index contributed by atoms with van der Waals surface area (Å²) in [6, 6.07) is 19.7. The predicted molar refractivity (Wildman–Crippen MR) is 134 cm³/mol. The van der Waals surface area contributed by atoms with Crippen LogP contribution in [0.4, 0.5) is 0 Å². The van der Waals surface area contributed by atoms with Crippen molar-refractivity contribution in [1.29, 1.82) is 0 Å². The van der Waals surface area contributed by atoms with Crippen molar-refractivity contribution in [1.82, 2.24) is 14.7 Å². The van der Waals surface area contributed by atoms with E-state index in [-0.39, 0.29) is 6.61 Å². The van der Waals surface area contributed by atoms with E-state index in [1.54, 1.807) is 13.2 Å². The number of aliphatic hydroxyl groups excluding tert-OH is 1. The molecule has 1 aromatic heterocycles. The van der Waals surface area contributed by atoms with Crippen molar-refractivity contribution in [3.8, 4) is 17.3 Å². The van der Waals surface area contributed by atoms with Crippen molar-refractivity contribution in [2.45, 2.75) is 26.0 Å². The van der Waals surface area contributed by atoms with E-state index < -0.39 is 6.10 Å². The molecular formula is C27H35N3O4. The Bertz CT molecular complexity index is 992. The lowest BCUT2D eigenvalue weighted by molar-refractivity contribution is 0.0192. The van der Waals surface area contributed by atoms with Gasteiger partial charge in [0.1, 0.15) is 5.75 Å². The number of ether oxygens (including phenoxy) is 3. The van der Waals surface area contributed by atoms with Crippen molar-refractivity contribution in [2.24, 2.45) is 0 Å². The van der Waals surface area contributed by atoms with Gasteiger partial charge in [-0.05, 0) is 30.7 Å². The molecule has 0 saturated carbocycles. The minimum absolute atomic E-state index is 0.243. The van der Waals surface area contributed by atoms with Gasteiger partial charge >= 0.3 is 0 Å². The van der Waals surface area contributed by atoms with Gasteiger partial charge in [-0.2, -0.15) is 5.10 Å². The van der Waals surface area contributed by atoms with Crippen LogP contribution in [0.25, 0.3) is 5.69 Å². The molecule has 0 bridgehead atoms. The summed E-state index contributed by atoms with van der Waals surface area (Å²) in [6.07, 6.45) is 1.79. The molecule has 0 amide bonds. The number of aryl methyl sites for hydroxylation is 1. The normalized spacial score (nSPS) is 12.1. The molecule has 0 aliphatic rings. The zero-order valence-corrected chi connectivity index (χ0v) is 20.1. The van der Waals surface area contributed by atoms with Crippen LogP contribution in [0.15, 0.2) is 73.3 Å². The lowest BCUT2D eigenvalue weighted by atomic mass is 10.1. The van der Waals surface area contributed by atoms with Gasteiger partial charge < -0.3 is 19.3 Å². The first-order valence-electron chi connectivity index (χ1n) is 11.6. The Morgan fingerprint density at radius 2 is 1.82 bits per heavy atom. The summed E-state index contributed by atoms with van der Waals surface area (Å²) >= 11 is 0. The molecule has 1 atom stereocenters. The number of rotatable bonds is 15. The predicted octanol–water partition coefficient (Wildman–Crippen LogP) is 4.24. The van der Waals surface area contributed by atoms with Crippen LogP contribution < -0.4 is 4.74 Å². The number of hydrogen-bond donors (Lipinski definition) is 1. The Hall–Kier alpha value is -2.97. The van der Waals surface area contributed by atoms with Crippen LogP contribution in [0.3, 0.4) is 0 Å². The van der Waals surface area contributed by atoms with Crippen LogP contribution in [-0.2, 0) is 22.4 Å². The van der Waals surface area contributed by atoms with E-state index in [9.17, 15) is 5.11 Å². The second kappa shape index (κ2) is 13.7. The van der Waals surface area contributed by atoms with E-state index in [0.29, 0.717) is 38.7 Å². The summed E-state index contributed by atoms with van der Waals surface area (Å²) in [5.41, 5.74) is 2.87. The average molecular weight is 466 g/mol. The quantitative estimate of drug-likeness (QED) is 0.268. The second-order valence-corrected chi connectivity index (χ2v) is 7.95. The van der Waals surface area contributed by atoms with Crippen LogP contribution in [0.2, 0.25) is 0 Å². The number of nitrogens with zero attached hydrogens (tertiary/aromatic N) is 3. The topological polar surface area (TPSA) is 69.0 Å². The van der Waals surface area contributed by atoms with E-state index in [4.69, 9.17) is 19.3 Å². The van der Waals surface area contributed by atoms with E-state index in [1.807, 2.05) is 65.3 Å². The standard InChI is InChI=1S/C27H35N3O4/c1-4-17-33-21-23(31)19-29(16-18-32-3)20-25-26(5-2)28-30(22-12-8-6-9-13-22)27(25)34-24-14-10-7-11-15-24/h4,6-15,23,31H,1,5,16-21H2,2-3H3. The first-order valence-corrected chi connectivity index (χ1v) is 11.6. The highest BCUT2D eigenvalue weighted by Crippen LogP contribution is 2.32. The summed E-state index contributed by atoms with van der Waals surface area (Å²) in [5, 5.41) is 15.4. The lowest BCUT2D eigenvalue weighted by Crippen LogP contribution is -2.36. The van der Waals surface area contributed by atoms with Crippen molar-refractivity contribution in [3.63, 3.8) is 0 Å². The van der Waals surface area contributed by atoms with Gasteiger partial charge in [0.15, 0.2) is 0 Å². The number of aliphatic hydroxyl groups is 1. The van der Waals surface area contributed by atoms with Gasteiger partial charge in [0.25, 0.3) is 0 Å². The summed E-state index contributed by atoms with van der Waals surface area (Å²) in [6.45, 7) is 8.58. The highest BCUT2D eigenvalue weighted by atomic mass is 16.5. The van der Waals surface area contributed by atoms with E-state index in [0.717, 1.165) is 29.1 Å². The summed E-state index contributed by atoms with van der Waals surface area (Å²) in [7, 11) is 1.68. The zero-order chi connectivity index (χ0) is 24.2. The van der Waals surface area contributed by atoms with Gasteiger partial charge in [0.2, 0.25) is 5.88 Å². The van der Waals surface area contributed by atoms with Crippen molar-refractivity contribution < 1.29 is 19.3 Å². The second-order valence-electron chi connectivity index (χ2n) is 7.95. The van der Waals surface area contributed by atoms with Crippen LogP contribution in [0, 0.1) is 0 Å². The van der Waals surface area contributed by atoms with Gasteiger partial charge in [0.05, 0.1) is 42.9 Å². The molecule has 2 aromatic carbocycles. The van der Waals surface area contributed by atoms with Crippen LogP contribution in [0.1, 0.15) is 18.2 Å². The van der Waals surface area contributed by atoms with E-state index in [1.165, 1.54) is 0 Å². The van der Waals surface area contributed by atoms with Gasteiger partial charge in [-0.1, -0.05) is 49.4 Å². The maximum atomic E-state index is 10.5. The van der Waals surface area contributed by atoms with E-state index >= 15 is 0 Å². The molecule has 0 aliphatic heterocycles. The smallest absolute Gasteiger partial charge is 0.227 e. The molecule has 1 heterocycles. The molecule has 0 spiro atoms. The molecule has 7 heteroatoms. The molecular weight excluding hydrogens is 430 g/mol. The SMILES string of the molecule is C=CCOCC(O)CN(CCOC)Cc1c(CC)nn(-c2ccccc2)c1Oc1ccccc1. The molecule has 7 nitrogen and oxygen atoms in total. The minimum atomic E-state index is -0.635. The Labute approximate surface area is 202 Å². The third-order valence-corrected chi connectivity index (χ3v) is 5.32. The van der Waals surface area contributed by atoms with E-state index in [2.05, 4.69) is 18.4 Å². The number of benzene rings is 2. The van der Waals surface area contributed by atoms with Crippen LogP contribution in [-0.4, -0.2) is 65.9 Å². The van der Waals surface area contributed by atoms with Crippen LogP contribution >= 0.6 is 0 Å². The maximum Gasteiger partial charge on any atom is 0.227 e. The molecule has 34 heavy (non-hydrogen) atoms. The van der Waals surface area contributed by atoms with Crippen molar-refractivity contribution in [3.05, 3.63) is 84.6 Å². The van der Waals surface area contributed by atoms with Gasteiger partial charge in [0, 0.05) is 26.7 Å². The minimum Gasteiger partial charge on any atom is -0.439 e. The molecule has 3 aromatic rings. The Kier molecular flexibility index (Phi) is 10.3. The number of aromatic nitrogens is 2. The highest BCUT2D eigenvalue weighted by molar-refractivity contribution is 5.43. The monoisotopic (exact) mass is 465 g/mol. The van der Waals surface area contributed by atoms with Crippen molar-refractivity contribution >= 4 is 0 Å². The summed E-state index contributed by atoms with van der Waals surface area (Å²) in [4.78, 5) is 2.15.